The SMILES string of the molecule is Cc1ccc(Br)c(NC(=O)NC(C)c2ncnn2-c2ncccn2)n1. The second-order valence-corrected chi connectivity index (χ2v) is 6.04. The van der Waals surface area contributed by atoms with Crippen LogP contribution in [0.4, 0.5) is 10.6 Å². The molecule has 3 rings (SSSR count). The number of carbonyl (C=O) groups is 1. The van der Waals surface area contributed by atoms with Crippen molar-refractivity contribution in [3.05, 3.63) is 52.9 Å². The van der Waals surface area contributed by atoms with Gasteiger partial charge in [0.1, 0.15) is 12.1 Å². The molecule has 0 fully saturated rings. The highest BCUT2D eigenvalue weighted by Gasteiger charge is 2.18. The lowest BCUT2D eigenvalue weighted by atomic mass is 10.3. The van der Waals surface area contributed by atoms with Gasteiger partial charge in [0, 0.05) is 18.1 Å². The molecule has 0 radical (unpaired) electrons. The van der Waals surface area contributed by atoms with Crippen molar-refractivity contribution in [1.82, 2.24) is 35.0 Å². The van der Waals surface area contributed by atoms with E-state index in [0.29, 0.717) is 22.1 Å². The molecule has 0 saturated carbocycles. The smallest absolute Gasteiger partial charge is 0.321 e. The van der Waals surface area contributed by atoms with Crippen LogP contribution >= 0.6 is 15.9 Å². The summed E-state index contributed by atoms with van der Waals surface area (Å²) in [4.78, 5) is 29.0. The summed E-state index contributed by atoms with van der Waals surface area (Å²) in [5.74, 6) is 1.34. The molecule has 2 N–H and O–H groups in total. The number of aromatic nitrogens is 6. The minimum Gasteiger partial charge on any atom is -0.328 e. The number of nitrogens with zero attached hydrogens (tertiary/aromatic N) is 6. The van der Waals surface area contributed by atoms with Crippen molar-refractivity contribution in [2.24, 2.45) is 0 Å². The predicted molar refractivity (Wildman–Crippen MR) is 94.2 cm³/mol. The predicted octanol–water partition coefficient (Wildman–Crippen LogP) is 2.41. The fourth-order valence-corrected chi connectivity index (χ4v) is 2.45. The molecule has 0 spiro atoms. The molecule has 0 aliphatic heterocycles. The molecule has 25 heavy (non-hydrogen) atoms. The third kappa shape index (κ3) is 3.97. The van der Waals surface area contributed by atoms with Gasteiger partial charge in [-0.1, -0.05) is 0 Å². The minimum absolute atomic E-state index is 0.382. The third-order valence-electron chi connectivity index (χ3n) is 3.27. The van der Waals surface area contributed by atoms with E-state index in [4.69, 9.17) is 0 Å². The molecule has 1 atom stereocenters. The van der Waals surface area contributed by atoms with Crippen molar-refractivity contribution in [3.63, 3.8) is 0 Å². The molecule has 0 aliphatic carbocycles. The van der Waals surface area contributed by atoms with Crippen molar-refractivity contribution >= 4 is 27.8 Å². The van der Waals surface area contributed by atoms with Crippen LogP contribution in [0.1, 0.15) is 24.5 Å². The van der Waals surface area contributed by atoms with Crippen LogP contribution < -0.4 is 10.6 Å². The summed E-state index contributed by atoms with van der Waals surface area (Å²) in [6.07, 6.45) is 4.61. The summed E-state index contributed by atoms with van der Waals surface area (Å²) in [7, 11) is 0. The molecule has 0 bridgehead atoms. The number of urea groups is 1. The Hall–Kier alpha value is -2.88. The van der Waals surface area contributed by atoms with Gasteiger partial charge >= 0.3 is 6.03 Å². The van der Waals surface area contributed by atoms with Crippen LogP contribution in [0.2, 0.25) is 0 Å². The van der Waals surface area contributed by atoms with Crippen LogP contribution in [-0.4, -0.2) is 35.7 Å². The Balaban J connectivity index is 1.73. The van der Waals surface area contributed by atoms with Gasteiger partial charge < -0.3 is 5.32 Å². The first-order valence-electron chi connectivity index (χ1n) is 7.42. The lowest BCUT2D eigenvalue weighted by molar-refractivity contribution is 0.248. The number of amides is 2. The van der Waals surface area contributed by atoms with Crippen molar-refractivity contribution in [3.8, 4) is 5.95 Å². The van der Waals surface area contributed by atoms with Gasteiger partial charge in [-0.15, -0.1) is 0 Å². The topological polar surface area (TPSA) is 111 Å². The maximum atomic E-state index is 12.3. The number of halogens is 1. The Bertz CT molecular complexity index is 882. The fourth-order valence-electron chi connectivity index (χ4n) is 2.13. The molecule has 3 aromatic heterocycles. The average molecular weight is 403 g/mol. The van der Waals surface area contributed by atoms with Gasteiger partial charge in [-0.2, -0.15) is 9.78 Å². The third-order valence-corrected chi connectivity index (χ3v) is 3.91. The Labute approximate surface area is 152 Å². The van der Waals surface area contributed by atoms with E-state index < -0.39 is 12.1 Å². The molecule has 0 saturated heterocycles. The van der Waals surface area contributed by atoms with Crippen molar-refractivity contribution in [2.75, 3.05) is 5.32 Å². The molecule has 2 amide bonds. The summed E-state index contributed by atoms with van der Waals surface area (Å²) in [5.41, 5.74) is 0.799. The van der Waals surface area contributed by atoms with Gasteiger partial charge in [-0.05, 0) is 48.0 Å². The molecule has 0 aliphatic rings. The fraction of sp³-hybridized carbons (Fsp3) is 0.200. The highest BCUT2D eigenvalue weighted by atomic mass is 79.9. The van der Waals surface area contributed by atoms with E-state index in [1.54, 1.807) is 25.4 Å². The lowest BCUT2D eigenvalue weighted by Crippen LogP contribution is -2.33. The highest BCUT2D eigenvalue weighted by Crippen LogP contribution is 2.20. The summed E-state index contributed by atoms with van der Waals surface area (Å²) >= 11 is 3.36. The standard InChI is InChI=1S/C15H15BrN8O/c1-9-4-5-11(16)12(21-9)23-15(25)22-10(2)13-19-8-20-24(13)14-17-6-3-7-18-14/h3-8,10H,1-2H3,(H2,21,22,23,25). The quantitative estimate of drug-likeness (QED) is 0.692. The Morgan fingerprint density at radius 3 is 2.76 bits per heavy atom. The molecular formula is C15H15BrN8O. The maximum absolute atomic E-state index is 12.3. The molecule has 9 nitrogen and oxygen atoms in total. The molecule has 1 unspecified atom stereocenters. The number of rotatable bonds is 4. The number of hydrogen-bond acceptors (Lipinski definition) is 6. The van der Waals surface area contributed by atoms with Gasteiger partial charge in [0.25, 0.3) is 5.95 Å². The van der Waals surface area contributed by atoms with Crippen LogP contribution in [0.15, 0.2) is 41.4 Å². The molecule has 0 aromatic carbocycles. The maximum Gasteiger partial charge on any atom is 0.321 e. The number of aryl methyl sites for hydroxylation is 1. The number of hydrogen-bond donors (Lipinski definition) is 2. The second-order valence-electron chi connectivity index (χ2n) is 5.18. The number of pyridine rings is 1. The average Bonchev–Trinajstić information content (AvgIpc) is 3.09. The van der Waals surface area contributed by atoms with Crippen molar-refractivity contribution in [2.45, 2.75) is 19.9 Å². The van der Waals surface area contributed by atoms with Gasteiger partial charge in [0.2, 0.25) is 0 Å². The first-order valence-corrected chi connectivity index (χ1v) is 8.22. The van der Waals surface area contributed by atoms with Gasteiger partial charge in [-0.3, -0.25) is 5.32 Å². The van der Waals surface area contributed by atoms with Crippen molar-refractivity contribution < 1.29 is 4.79 Å². The molecular weight excluding hydrogens is 388 g/mol. The highest BCUT2D eigenvalue weighted by molar-refractivity contribution is 9.10. The first-order chi connectivity index (χ1) is 12.0. The summed E-state index contributed by atoms with van der Waals surface area (Å²) in [6.45, 7) is 3.64. The van der Waals surface area contributed by atoms with Crippen LogP contribution in [0.25, 0.3) is 5.95 Å². The van der Waals surface area contributed by atoms with E-state index in [2.05, 4.69) is 51.6 Å². The zero-order chi connectivity index (χ0) is 17.8. The Morgan fingerprint density at radius 2 is 2.00 bits per heavy atom. The second kappa shape index (κ2) is 7.34. The number of anilines is 1. The summed E-state index contributed by atoms with van der Waals surface area (Å²) in [5, 5.41) is 9.62. The van der Waals surface area contributed by atoms with E-state index in [-0.39, 0.29) is 0 Å². The van der Waals surface area contributed by atoms with E-state index in [9.17, 15) is 4.79 Å². The zero-order valence-electron chi connectivity index (χ0n) is 13.5. The first kappa shape index (κ1) is 17.0. The van der Waals surface area contributed by atoms with Crippen LogP contribution in [-0.2, 0) is 0 Å². The monoisotopic (exact) mass is 402 g/mol. The van der Waals surface area contributed by atoms with Crippen molar-refractivity contribution in [1.29, 1.82) is 0 Å². The van der Waals surface area contributed by atoms with Crippen LogP contribution in [0.3, 0.4) is 0 Å². The molecule has 3 heterocycles. The number of nitrogens with one attached hydrogen (secondary N) is 2. The van der Waals surface area contributed by atoms with Crippen LogP contribution in [0, 0.1) is 6.92 Å². The van der Waals surface area contributed by atoms with Gasteiger partial charge in [0.15, 0.2) is 5.82 Å². The Kier molecular flexibility index (Phi) is 4.98. The van der Waals surface area contributed by atoms with Crippen LogP contribution in [0.5, 0.6) is 0 Å². The molecule has 10 heteroatoms. The van der Waals surface area contributed by atoms with E-state index in [1.165, 1.54) is 11.0 Å². The van der Waals surface area contributed by atoms with Gasteiger partial charge in [-0.25, -0.2) is 24.7 Å². The largest absolute Gasteiger partial charge is 0.328 e. The summed E-state index contributed by atoms with van der Waals surface area (Å²) in [6, 6.07) is 4.55. The van der Waals surface area contributed by atoms with E-state index >= 15 is 0 Å². The summed E-state index contributed by atoms with van der Waals surface area (Å²) < 4.78 is 2.17. The zero-order valence-corrected chi connectivity index (χ0v) is 15.1. The van der Waals surface area contributed by atoms with E-state index in [1.807, 2.05) is 19.1 Å². The molecule has 128 valence electrons. The Morgan fingerprint density at radius 1 is 1.24 bits per heavy atom. The van der Waals surface area contributed by atoms with Gasteiger partial charge in [0.05, 0.1) is 10.5 Å². The molecule has 3 aromatic rings. The minimum atomic E-state index is -0.421. The van der Waals surface area contributed by atoms with E-state index in [0.717, 1.165) is 5.69 Å². The number of carbonyl (C=O) groups excluding carboxylic acids is 1. The lowest BCUT2D eigenvalue weighted by Gasteiger charge is -2.15. The normalized spacial score (nSPS) is 11.8.